The van der Waals surface area contributed by atoms with Crippen molar-refractivity contribution in [1.29, 1.82) is 0 Å². The van der Waals surface area contributed by atoms with E-state index in [1.165, 1.54) is 0 Å². The second-order valence-electron chi connectivity index (χ2n) is 6.83. The van der Waals surface area contributed by atoms with Gasteiger partial charge in [0.15, 0.2) is 0 Å². The maximum absolute atomic E-state index is 12.8. The third kappa shape index (κ3) is 6.49. The molecule has 1 aromatic carbocycles. The molecule has 1 unspecified atom stereocenters. The van der Waals surface area contributed by atoms with Crippen LogP contribution in [0, 0.1) is 5.92 Å². The van der Waals surface area contributed by atoms with Gasteiger partial charge < -0.3 is 16.0 Å². The zero-order chi connectivity index (χ0) is 17.7. The van der Waals surface area contributed by atoms with Crippen LogP contribution < -0.4 is 11.1 Å². The maximum Gasteiger partial charge on any atom is 0.251 e. The van der Waals surface area contributed by atoms with Crippen LogP contribution in [0.1, 0.15) is 43.5 Å². The Morgan fingerprint density at radius 3 is 2.32 bits per heavy atom. The first-order valence-corrected chi connectivity index (χ1v) is 8.85. The van der Waals surface area contributed by atoms with E-state index in [1.54, 1.807) is 24.3 Å². The van der Waals surface area contributed by atoms with Crippen LogP contribution in [-0.2, 0) is 4.79 Å². The summed E-state index contributed by atoms with van der Waals surface area (Å²) in [5.74, 6) is 0.0359. The molecule has 0 saturated carbocycles. The zero-order valence-corrected chi connectivity index (χ0v) is 16.3. The summed E-state index contributed by atoms with van der Waals surface area (Å²) in [4.78, 5) is 27.1. The Morgan fingerprint density at radius 2 is 1.80 bits per heavy atom. The van der Waals surface area contributed by atoms with Gasteiger partial charge in [-0.2, -0.15) is 0 Å². The summed E-state index contributed by atoms with van der Waals surface area (Å²) in [7, 11) is 0. The minimum absolute atomic E-state index is 0. The molecular formula is C18H27Cl2N3O2. The maximum atomic E-state index is 12.8. The highest BCUT2D eigenvalue weighted by Gasteiger charge is 2.29. The fourth-order valence-electron chi connectivity index (χ4n) is 2.88. The van der Waals surface area contributed by atoms with Gasteiger partial charge in [0.05, 0.1) is 0 Å². The van der Waals surface area contributed by atoms with Crippen molar-refractivity contribution < 1.29 is 9.59 Å². The predicted octanol–water partition coefficient (Wildman–Crippen LogP) is 2.86. The molecule has 0 bridgehead atoms. The monoisotopic (exact) mass is 387 g/mol. The van der Waals surface area contributed by atoms with Crippen molar-refractivity contribution in [3.8, 4) is 0 Å². The predicted molar refractivity (Wildman–Crippen MR) is 103 cm³/mol. The van der Waals surface area contributed by atoms with Crippen LogP contribution in [0.4, 0.5) is 0 Å². The zero-order valence-electron chi connectivity index (χ0n) is 14.7. The number of likely N-dealkylation sites (tertiary alicyclic amines) is 1. The molecule has 2 amide bonds. The molecule has 1 saturated heterocycles. The van der Waals surface area contributed by atoms with Crippen molar-refractivity contribution in [1.82, 2.24) is 10.2 Å². The summed E-state index contributed by atoms with van der Waals surface area (Å²) in [6.45, 7) is 5.40. The van der Waals surface area contributed by atoms with E-state index >= 15 is 0 Å². The minimum Gasteiger partial charge on any atom is -0.341 e. The minimum atomic E-state index is -0.512. The summed E-state index contributed by atoms with van der Waals surface area (Å²) in [5.41, 5.74) is 6.41. The highest BCUT2D eigenvalue weighted by atomic mass is 35.5. The van der Waals surface area contributed by atoms with Crippen molar-refractivity contribution in [2.24, 2.45) is 11.7 Å². The lowest BCUT2D eigenvalue weighted by Crippen LogP contribution is -2.52. The SMILES string of the molecule is CC(C)CC(NC(=O)c1ccc(Cl)cc1)C(=O)N1CCC(N)CC1.Cl. The van der Waals surface area contributed by atoms with Gasteiger partial charge in [-0.3, -0.25) is 9.59 Å². The number of piperidine rings is 1. The lowest BCUT2D eigenvalue weighted by molar-refractivity contribution is -0.134. The van der Waals surface area contributed by atoms with Crippen LogP contribution in [0.5, 0.6) is 0 Å². The molecule has 1 aliphatic rings. The number of carbonyl (C=O) groups is 2. The van der Waals surface area contributed by atoms with Crippen LogP contribution in [0.15, 0.2) is 24.3 Å². The van der Waals surface area contributed by atoms with Gasteiger partial charge in [0.25, 0.3) is 5.91 Å². The van der Waals surface area contributed by atoms with Gasteiger partial charge in [-0.1, -0.05) is 25.4 Å². The number of nitrogens with two attached hydrogens (primary N) is 1. The fourth-order valence-corrected chi connectivity index (χ4v) is 3.00. The third-order valence-corrected chi connectivity index (χ3v) is 4.52. The van der Waals surface area contributed by atoms with E-state index in [4.69, 9.17) is 17.3 Å². The lowest BCUT2D eigenvalue weighted by Gasteiger charge is -2.33. The van der Waals surface area contributed by atoms with Gasteiger partial charge in [0, 0.05) is 29.7 Å². The second kappa shape index (κ2) is 10.00. The van der Waals surface area contributed by atoms with Crippen molar-refractivity contribution in [3.05, 3.63) is 34.9 Å². The first-order valence-electron chi connectivity index (χ1n) is 8.47. The first kappa shape index (κ1) is 21.7. The second-order valence-corrected chi connectivity index (χ2v) is 7.26. The average molecular weight is 388 g/mol. The molecule has 3 N–H and O–H groups in total. The largest absolute Gasteiger partial charge is 0.341 e. The molecule has 1 aromatic rings. The molecule has 1 fully saturated rings. The molecule has 140 valence electrons. The summed E-state index contributed by atoms with van der Waals surface area (Å²) in [6, 6.07) is 6.32. The number of rotatable bonds is 5. The molecule has 25 heavy (non-hydrogen) atoms. The number of hydrogen-bond donors (Lipinski definition) is 2. The molecular weight excluding hydrogens is 361 g/mol. The van der Waals surface area contributed by atoms with E-state index < -0.39 is 6.04 Å². The van der Waals surface area contributed by atoms with Gasteiger partial charge in [-0.05, 0) is 49.4 Å². The van der Waals surface area contributed by atoms with Crippen LogP contribution in [0.3, 0.4) is 0 Å². The number of carbonyl (C=O) groups excluding carboxylic acids is 2. The van der Waals surface area contributed by atoms with Gasteiger partial charge >= 0.3 is 0 Å². The smallest absolute Gasteiger partial charge is 0.251 e. The third-order valence-electron chi connectivity index (χ3n) is 4.27. The number of hydrogen-bond acceptors (Lipinski definition) is 3. The van der Waals surface area contributed by atoms with E-state index in [0.717, 1.165) is 12.8 Å². The summed E-state index contributed by atoms with van der Waals surface area (Å²) >= 11 is 5.85. The number of halogens is 2. The molecule has 1 aliphatic heterocycles. The number of nitrogens with one attached hydrogen (secondary N) is 1. The molecule has 7 heteroatoms. The Labute approximate surface area is 160 Å². The van der Waals surface area contributed by atoms with Gasteiger partial charge in [-0.15, -0.1) is 12.4 Å². The van der Waals surface area contributed by atoms with Crippen LogP contribution in [0.25, 0.3) is 0 Å². The molecule has 1 heterocycles. The van der Waals surface area contributed by atoms with Crippen LogP contribution in [0.2, 0.25) is 5.02 Å². The topological polar surface area (TPSA) is 75.4 Å². The Bertz CT molecular complexity index is 570. The van der Waals surface area contributed by atoms with Gasteiger partial charge in [-0.25, -0.2) is 0 Å². The molecule has 5 nitrogen and oxygen atoms in total. The summed E-state index contributed by atoms with van der Waals surface area (Å²) in [5, 5.41) is 3.46. The highest BCUT2D eigenvalue weighted by Crippen LogP contribution is 2.15. The average Bonchev–Trinajstić information content (AvgIpc) is 2.54. The van der Waals surface area contributed by atoms with E-state index in [0.29, 0.717) is 36.0 Å². The molecule has 2 rings (SSSR count). The quantitative estimate of drug-likeness (QED) is 0.815. The standard InChI is InChI=1S/C18H26ClN3O2.ClH/c1-12(2)11-16(18(24)22-9-7-15(20)8-10-22)21-17(23)13-3-5-14(19)6-4-13;/h3-6,12,15-16H,7-11,20H2,1-2H3,(H,21,23);1H. The summed E-state index contributed by atoms with van der Waals surface area (Å²) in [6.07, 6.45) is 2.23. The van der Waals surface area contributed by atoms with E-state index in [2.05, 4.69) is 5.32 Å². The van der Waals surface area contributed by atoms with Crippen molar-refractivity contribution in [3.63, 3.8) is 0 Å². The highest BCUT2D eigenvalue weighted by molar-refractivity contribution is 6.30. The van der Waals surface area contributed by atoms with Crippen LogP contribution in [-0.4, -0.2) is 41.9 Å². The van der Waals surface area contributed by atoms with Crippen molar-refractivity contribution >= 4 is 35.8 Å². The van der Waals surface area contributed by atoms with Gasteiger partial charge in [0.2, 0.25) is 5.91 Å². The molecule has 0 aliphatic carbocycles. The van der Waals surface area contributed by atoms with Crippen molar-refractivity contribution in [2.45, 2.75) is 45.2 Å². The Kier molecular flexibility index (Phi) is 8.69. The van der Waals surface area contributed by atoms with Gasteiger partial charge in [0.1, 0.15) is 6.04 Å². The number of benzene rings is 1. The van der Waals surface area contributed by atoms with E-state index in [9.17, 15) is 9.59 Å². The lowest BCUT2D eigenvalue weighted by atomic mass is 10.00. The molecule has 0 aromatic heterocycles. The summed E-state index contributed by atoms with van der Waals surface area (Å²) < 4.78 is 0. The molecule has 0 spiro atoms. The van der Waals surface area contributed by atoms with E-state index in [-0.39, 0.29) is 30.3 Å². The number of amides is 2. The first-order chi connectivity index (χ1) is 11.4. The number of nitrogens with zero attached hydrogens (tertiary/aromatic N) is 1. The normalized spacial score (nSPS) is 16.3. The van der Waals surface area contributed by atoms with Crippen LogP contribution >= 0.6 is 24.0 Å². The Hall–Kier alpha value is -1.30. The molecule has 0 radical (unpaired) electrons. The molecule has 1 atom stereocenters. The van der Waals surface area contributed by atoms with Crippen molar-refractivity contribution in [2.75, 3.05) is 13.1 Å². The Morgan fingerprint density at radius 1 is 1.24 bits per heavy atom. The Balaban J connectivity index is 0.00000312. The van der Waals surface area contributed by atoms with E-state index in [1.807, 2.05) is 18.7 Å². The fraction of sp³-hybridized carbons (Fsp3) is 0.556.